The second kappa shape index (κ2) is 23.1. The molecular formula is C16H24B3F12Rh. The predicted octanol–water partition coefficient (Wildman–Crippen LogP) is 9.24. The van der Waals surface area contributed by atoms with Gasteiger partial charge in [-0.25, -0.2) is 0 Å². The van der Waals surface area contributed by atoms with Crippen molar-refractivity contribution in [1.29, 1.82) is 0 Å². The van der Waals surface area contributed by atoms with E-state index >= 15 is 0 Å². The van der Waals surface area contributed by atoms with Crippen LogP contribution in [0.25, 0.3) is 0 Å². The van der Waals surface area contributed by atoms with Gasteiger partial charge in [-0.1, -0.05) is 48.6 Å². The molecule has 0 aromatic rings. The van der Waals surface area contributed by atoms with E-state index in [-0.39, 0.29) is 19.5 Å². The first-order valence-electron chi connectivity index (χ1n) is 9.22. The third kappa shape index (κ3) is 101. The molecule has 0 amide bonds. The number of hydrogen-bond acceptors (Lipinski definition) is 0. The molecule has 0 bridgehead atoms. The Kier molecular flexibility index (Phi) is 27.6. The molecular weight excluding hydrogens is 555 g/mol. The van der Waals surface area contributed by atoms with Crippen molar-refractivity contribution in [2.45, 2.75) is 51.4 Å². The molecule has 0 heterocycles. The molecule has 0 radical (unpaired) electrons. The normalized spacial score (nSPS) is 15.6. The van der Waals surface area contributed by atoms with Gasteiger partial charge in [0.25, 0.3) is 0 Å². The van der Waals surface area contributed by atoms with Gasteiger partial charge in [-0.05, 0) is 51.4 Å². The standard InChI is InChI=1S/2C8H12.3BF4.Rh/c2*1-2-4-6-8-7-5-3-1;3*2-1(3,4)5;/h2*1-2,7-8H,3-6H2;;;;/q;;3*-1;+3. The zero-order chi connectivity index (χ0) is 24.8. The molecule has 0 aromatic carbocycles. The average molecular weight is 580 g/mol. The monoisotopic (exact) mass is 580 g/mol. The van der Waals surface area contributed by atoms with Crippen LogP contribution in [0.2, 0.25) is 0 Å². The zero-order valence-corrected chi connectivity index (χ0v) is 18.5. The zero-order valence-electron chi connectivity index (χ0n) is 16.9. The number of allylic oxidation sites excluding steroid dienone is 8. The van der Waals surface area contributed by atoms with Crippen LogP contribution in [0.3, 0.4) is 0 Å². The van der Waals surface area contributed by atoms with Gasteiger partial charge in [0.15, 0.2) is 0 Å². The summed E-state index contributed by atoms with van der Waals surface area (Å²) in [6.07, 6.45) is 28.0. The van der Waals surface area contributed by atoms with Crippen LogP contribution in [0.4, 0.5) is 51.8 Å². The van der Waals surface area contributed by atoms with Gasteiger partial charge in [0.2, 0.25) is 0 Å². The molecule has 0 saturated carbocycles. The topological polar surface area (TPSA) is 0 Å². The van der Waals surface area contributed by atoms with E-state index in [1.165, 1.54) is 51.4 Å². The maximum atomic E-state index is 9.75. The second-order valence-corrected chi connectivity index (χ2v) is 5.68. The van der Waals surface area contributed by atoms with Crippen molar-refractivity contribution >= 4 is 21.8 Å². The van der Waals surface area contributed by atoms with Crippen molar-refractivity contribution < 1.29 is 71.3 Å². The van der Waals surface area contributed by atoms with E-state index in [1.54, 1.807) is 0 Å². The Morgan fingerprint density at radius 2 is 0.344 bits per heavy atom. The summed E-state index contributed by atoms with van der Waals surface area (Å²) in [5, 5.41) is 0. The van der Waals surface area contributed by atoms with Gasteiger partial charge < -0.3 is 51.8 Å². The Hall–Kier alpha value is -1.06. The third-order valence-electron chi connectivity index (χ3n) is 2.67. The van der Waals surface area contributed by atoms with Gasteiger partial charge in [-0.3, -0.25) is 0 Å². The largest absolute Gasteiger partial charge is 3.00 e. The summed E-state index contributed by atoms with van der Waals surface area (Å²) in [5.74, 6) is 0. The average Bonchev–Trinajstić information content (AvgIpc) is 2.40. The first-order chi connectivity index (χ1) is 14.0. The molecule has 0 aromatic heterocycles. The fourth-order valence-electron chi connectivity index (χ4n) is 1.71. The summed E-state index contributed by atoms with van der Waals surface area (Å²) in [5.41, 5.74) is 0. The first-order valence-corrected chi connectivity index (χ1v) is 9.22. The van der Waals surface area contributed by atoms with Crippen LogP contribution in [-0.4, -0.2) is 21.8 Å². The summed E-state index contributed by atoms with van der Waals surface area (Å²) in [4.78, 5) is 0. The minimum absolute atomic E-state index is 0. The molecule has 32 heavy (non-hydrogen) atoms. The molecule has 0 spiro atoms. The van der Waals surface area contributed by atoms with Crippen LogP contribution in [0.5, 0.6) is 0 Å². The Morgan fingerprint density at radius 1 is 0.281 bits per heavy atom. The Labute approximate surface area is 193 Å². The van der Waals surface area contributed by atoms with Gasteiger partial charge in [0.05, 0.1) is 0 Å². The smallest absolute Gasteiger partial charge is 0.418 e. The maximum Gasteiger partial charge on any atom is 3.00 e. The molecule has 0 saturated heterocycles. The van der Waals surface area contributed by atoms with Gasteiger partial charge in [-0.2, -0.15) is 0 Å². The van der Waals surface area contributed by atoms with Gasteiger partial charge in [-0.15, -0.1) is 0 Å². The molecule has 0 atom stereocenters. The Morgan fingerprint density at radius 3 is 0.406 bits per heavy atom. The van der Waals surface area contributed by atoms with Crippen molar-refractivity contribution in [3.63, 3.8) is 0 Å². The summed E-state index contributed by atoms with van der Waals surface area (Å²) in [6.45, 7) is 0. The Bertz CT molecular complexity index is 385. The van der Waals surface area contributed by atoms with E-state index in [4.69, 9.17) is 0 Å². The molecule has 2 aliphatic carbocycles. The van der Waals surface area contributed by atoms with E-state index < -0.39 is 21.8 Å². The summed E-state index contributed by atoms with van der Waals surface area (Å²) >= 11 is 0. The summed E-state index contributed by atoms with van der Waals surface area (Å²) in [7, 11) is -18.0. The molecule has 0 N–H and O–H groups in total. The minimum Gasteiger partial charge on any atom is -0.418 e. The number of rotatable bonds is 0. The van der Waals surface area contributed by atoms with Gasteiger partial charge in [0.1, 0.15) is 0 Å². The van der Waals surface area contributed by atoms with Crippen LogP contribution in [-0.2, 0) is 19.5 Å². The molecule has 0 nitrogen and oxygen atoms in total. The van der Waals surface area contributed by atoms with Crippen molar-refractivity contribution in [2.75, 3.05) is 0 Å². The predicted molar refractivity (Wildman–Crippen MR) is 104 cm³/mol. The maximum absolute atomic E-state index is 9.75. The van der Waals surface area contributed by atoms with Crippen molar-refractivity contribution in [3.8, 4) is 0 Å². The second-order valence-electron chi connectivity index (χ2n) is 5.68. The Balaban J connectivity index is -0.000000156. The molecule has 2 rings (SSSR count). The summed E-state index contributed by atoms with van der Waals surface area (Å²) < 4.78 is 117. The fraction of sp³-hybridized carbons (Fsp3) is 0.500. The number of halogens is 12. The van der Waals surface area contributed by atoms with E-state index in [9.17, 15) is 51.8 Å². The SMILES string of the molecule is C1=CCCC=CCC1.C1=CCCC=CCC1.F[B-](F)(F)F.F[B-](F)(F)F.F[B-](F)(F)F.[Rh+3]. The summed E-state index contributed by atoms with van der Waals surface area (Å²) in [6, 6.07) is 0. The number of hydrogen-bond donors (Lipinski definition) is 0. The minimum atomic E-state index is -6.00. The molecule has 16 heteroatoms. The fourth-order valence-corrected chi connectivity index (χ4v) is 1.71. The quantitative estimate of drug-likeness (QED) is 0.152. The van der Waals surface area contributed by atoms with Crippen LogP contribution in [0.1, 0.15) is 51.4 Å². The molecule has 190 valence electrons. The third-order valence-corrected chi connectivity index (χ3v) is 2.67. The first kappa shape index (κ1) is 38.2. The van der Waals surface area contributed by atoms with Gasteiger partial charge in [0, 0.05) is 0 Å². The van der Waals surface area contributed by atoms with Gasteiger partial charge >= 0.3 is 41.2 Å². The van der Waals surface area contributed by atoms with E-state index in [0.717, 1.165) is 0 Å². The van der Waals surface area contributed by atoms with Crippen molar-refractivity contribution in [2.24, 2.45) is 0 Å². The van der Waals surface area contributed by atoms with Crippen LogP contribution in [0, 0.1) is 0 Å². The van der Waals surface area contributed by atoms with Crippen LogP contribution < -0.4 is 0 Å². The van der Waals surface area contributed by atoms with Crippen LogP contribution in [0.15, 0.2) is 48.6 Å². The molecule has 0 aliphatic heterocycles. The van der Waals surface area contributed by atoms with Crippen molar-refractivity contribution in [1.82, 2.24) is 0 Å². The van der Waals surface area contributed by atoms with E-state index in [2.05, 4.69) is 48.6 Å². The molecule has 2 aliphatic rings. The van der Waals surface area contributed by atoms with E-state index in [0.29, 0.717) is 0 Å². The molecule has 0 fully saturated rings. The molecule has 0 unspecified atom stereocenters. The van der Waals surface area contributed by atoms with Crippen molar-refractivity contribution in [3.05, 3.63) is 48.6 Å². The van der Waals surface area contributed by atoms with Crippen LogP contribution >= 0.6 is 0 Å². The van der Waals surface area contributed by atoms with E-state index in [1.807, 2.05) is 0 Å².